The molecular weight excluding hydrogens is 580 g/mol. The zero-order valence-corrected chi connectivity index (χ0v) is 26.1. The van der Waals surface area contributed by atoms with E-state index in [9.17, 15) is 8.42 Å². The summed E-state index contributed by atoms with van der Waals surface area (Å²) in [4.78, 5) is 4.74. The van der Waals surface area contributed by atoms with Gasteiger partial charge in [0.1, 0.15) is 10.9 Å². The summed E-state index contributed by atoms with van der Waals surface area (Å²) in [5, 5.41) is -0.188. The molecule has 3 rings (SSSR count). The summed E-state index contributed by atoms with van der Waals surface area (Å²) in [6, 6.07) is 14.2. The fourth-order valence-corrected chi connectivity index (χ4v) is 7.14. The Hall–Kier alpha value is -1.39. The van der Waals surface area contributed by atoms with Gasteiger partial charge in [0.05, 0.1) is 6.04 Å². The van der Waals surface area contributed by atoms with Crippen molar-refractivity contribution in [3.05, 3.63) is 69.2 Å². The molecule has 0 bridgehead atoms. The minimum atomic E-state index is -3.81. The number of nitrogens with zero attached hydrogens (tertiary/aromatic N) is 1. The van der Waals surface area contributed by atoms with Crippen LogP contribution >= 0.6 is 27.5 Å². The molecule has 1 N–H and O–H groups in total. The van der Waals surface area contributed by atoms with E-state index in [4.69, 9.17) is 25.8 Å². The summed E-state index contributed by atoms with van der Waals surface area (Å²) in [6.07, 6.45) is 0.569. The Morgan fingerprint density at radius 3 is 2.25 bits per heavy atom. The van der Waals surface area contributed by atoms with E-state index in [0.29, 0.717) is 23.6 Å². The van der Waals surface area contributed by atoms with Gasteiger partial charge < -0.3 is 9.16 Å². The summed E-state index contributed by atoms with van der Waals surface area (Å²) in [5.41, 5.74) is 0.506. The van der Waals surface area contributed by atoms with Crippen molar-refractivity contribution in [2.75, 3.05) is 6.61 Å². The molecule has 36 heavy (non-hydrogen) atoms. The third-order valence-electron chi connectivity index (χ3n) is 6.89. The topological polar surface area (TPSA) is 77.0 Å². The van der Waals surface area contributed by atoms with Gasteiger partial charge in [0.15, 0.2) is 8.32 Å². The summed E-state index contributed by atoms with van der Waals surface area (Å²) < 4.78 is 42.8. The Morgan fingerprint density at radius 1 is 1.14 bits per heavy atom. The van der Waals surface area contributed by atoms with Crippen molar-refractivity contribution >= 4 is 51.9 Å². The van der Waals surface area contributed by atoms with Crippen LogP contribution in [0.25, 0.3) is 0 Å². The predicted octanol–water partition coefficient (Wildman–Crippen LogP) is 7.38. The van der Waals surface area contributed by atoms with Crippen LogP contribution in [-0.2, 0) is 19.2 Å². The number of rotatable bonds is 7. The summed E-state index contributed by atoms with van der Waals surface area (Å²) >= 11 is 9.51. The average molecular weight is 616 g/mol. The largest absolute Gasteiger partial charge is 0.457 e. The number of ether oxygens (including phenoxy) is 1. The van der Waals surface area contributed by atoms with Crippen LogP contribution in [0.3, 0.4) is 0 Å². The first kappa shape index (κ1) is 29.2. The molecular formula is C26H36BrClN2O4SSi. The van der Waals surface area contributed by atoms with Crippen LogP contribution in [0.1, 0.15) is 63.5 Å². The van der Waals surface area contributed by atoms with Crippen LogP contribution in [-0.4, -0.2) is 35.0 Å². The number of nitrogens with one attached hydrogen (secondary N) is 1. The minimum Gasteiger partial charge on any atom is -0.457 e. The molecule has 2 aromatic carbocycles. The standard InChI is InChI=1S/C26H36BrClN2O4SSi/c1-25(2,3)36(6,7)33-17-16-22(18-10-14-21(28)15-11-18)29-24-30-35(31,32)23(26(4,5)34-24)19-8-12-20(27)13-9-19/h8-15,22-23H,16-17H2,1-7H3,(H,29,30)/t22-,23?/m0/s1. The molecule has 1 unspecified atom stereocenters. The maximum Gasteiger partial charge on any atom is 0.299 e. The van der Waals surface area contributed by atoms with Crippen LogP contribution < -0.4 is 4.72 Å². The molecule has 1 saturated heterocycles. The highest BCUT2D eigenvalue weighted by Crippen LogP contribution is 2.40. The van der Waals surface area contributed by atoms with Gasteiger partial charge in [-0.3, -0.25) is 0 Å². The Kier molecular flexibility index (Phi) is 8.72. The normalized spacial score (nSPS) is 21.5. The first-order valence-electron chi connectivity index (χ1n) is 12.0. The highest BCUT2D eigenvalue weighted by molar-refractivity contribution is 9.10. The molecule has 2 aromatic rings. The molecule has 0 radical (unpaired) electrons. The highest BCUT2D eigenvalue weighted by Gasteiger charge is 2.48. The van der Waals surface area contributed by atoms with Gasteiger partial charge in [0.2, 0.25) is 10.0 Å². The molecule has 0 saturated carbocycles. The lowest BCUT2D eigenvalue weighted by atomic mass is 9.97. The van der Waals surface area contributed by atoms with E-state index in [0.717, 1.165) is 10.0 Å². The number of halogens is 2. The smallest absolute Gasteiger partial charge is 0.299 e. The van der Waals surface area contributed by atoms with Crippen LogP contribution in [0.15, 0.2) is 58.0 Å². The number of aliphatic imine (C=N–C) groups is 1. The molecule has 1 fully saturated rings. The fraction of sp³-hybridized carbons (Fsp3) is 0.500. The van der Waals surface area contributed by atoms with Crippen molar-refractivity contribution in [2.45, 2.75) is 76.1 Å². The van der Waals surface area contributed by atoms with E-state index in [1.165, 1.54) is 0 Å². The van der Waals surface area contributed by atoms with Crippen molar-refractivity contribution in [1.29, 1.82) is 0 Å². The van der Waals surface area contributed by atoms with Gasteiger partial charge >= 0.3 is 0 Å². The van der Waals surface area contributed by atoms with Crippen LogP contribution in [0.4, 0.5) is 0 Å². The van der Waals surface area contributed by atoms with E-state index in [1.54, 1.807) is 38.1 Å². The van der Waals surface area contributed by atoms with Crippen LogP contribution in [0.2, 0.25) is 23.2 Å². The lowest BCUT2D eigenvalue weighted by molar-refractivity contribution is 0.0759. The quantitative estimate of drug-likeness (QED) is 0.330. The van der Waals surface area contributed by atoms with Crippen molar-refractivity contribution in [3.8, 4) is 0 Å². The average Bonchev–Trinajstić information content (AvgIpc) is 2.72. The molecule has 198 valence electrons. The van der Waals surface area contributed by atoms with Gasteiger partial charge in [-0.25, -0.2) is 18.1 Å². The van der Waals surface area contributed by atoms with Crippen LogP contribution in [0.5, 0.6) is 0 Å². The van der Waals surface area contributed by atoms with E-state index in [2.05, 4.69) is 54.5 Å². The fourth-order valence-electron chi connectivity index (χ4n) is 3.92. The third kappa shape index (κ3) is 6.92. The summed E-state index contributed by atoms with van der Waals surface area (Å²) in [6.45, 7) is 15.0. The monoisotopic (exact) mass is 614 g/mol. The van der Waals surface area contributed by atoms with Gasteiger partial charge in [-0.2, -0.15) is 0 Å². The van der Waals surface area contributed by atoms with Crippen molar-refractivity contribution in [1.82, 2.24) is 4.72 Å². The van der Waals surface area contributed by atoms with E-state index in [1.807, 2.05) is 24.3 Å². The minimum absolute atomic E-state index is 0.0133. The molecule has 0 spiro atoms. The van der Waals surface area contributed by atoms with Gasteiger partial charge in [-0.1, -0.05) is 72.6 Å². The maximum atomic E-state index is 13.4. The zero-order valence-electron chi connectivity index (χ0n) is 21.9. The van der Waals surface area contributed by atoms with Crippen molar-refractivity contribution in [3.63, 3.8) is 0 Å². The zero-order chi connectivity index (χ0) is 26.9. The third-order valence-corrected chi connectivity index (χ3v) is 14.1. The van der Waals surface area contributed by atoms with E-state index in [-0.39, 0.29) is 17.1 Å². The molecule has 0 aliphatic carbocycles. The van der Waals surface area contributed by atoms with Gasteiger partial charge in [0.25, 0.3) is 6.02 Å². The second-order valence-electron chi connectivity index (χ2n) is 11.2. The molecule has 0 amide bonds. The van der Waals surface area contributed by atoms with Crippen LogP contribution in [0, 0.1) is 0 Å². The number of hydrogen-bond donors (Lipinski definition) is 1. The van der Waals surface area contributed by atoms with Gasteiger partial charge in [0, 0.05) is 16.1 Å². The molecule has 10 heteroatoms. The van der Waals surface area contributed by atoms with E-state index < -0.39 is 29.2 Å². The SMILES string of the molecule is CC1(C)OC(=N[C@@H](CCO[Si](C)(C)C(C)(C)C)c2ccc(Cl)cc2)NS(=O)(=O)C1c1ccc(Br)cc1. The van der Waals surface area contributed by atoms with E-state index >= 15 is 0 Å². The molecule has 2 atom stereocenters. The Labute approximate surface area is 230 Å². The summed E-state index contributed by atoms with van der Waals surface area (Å²) in [5.74, 6) is 0. The Bertz CT molecular complexity index is 1190. The van der Waals surface area contributed by atoms with Gasteiger partial charge in [-0.05, 0) is 73.8 Å². The molecule has 0 aromatic heterocycles. The Morgan fingerprint density at radius 2 is 1.72 bits per heavy atom. The number of hydrogen-bond acceptors (Lipinski definition) is 5. The molecule has 6 nitrogen and oxygen atoms in total. The van der Waals surface area contributed by atoms with Gasteiger partial charge in [-0.15, -0.1) is 0 Å². The maximum absolute atomic E-state index is 13.4. The van der Waals surface area contributed by atoms with Crippen molar-refractivity contribution in [2.24, 2.45) is 4.99 Å². The lowest BCUT2D eigenvalue weighted by Crippen LogP contribution is -2.53. The molecule has 1 aliphatic heterocycles. The first-order valence-corrected chi connectivity index (χ1v) is 17.6. The van der Waals surface area contributed by atoms with Crippen molar-refractivity contribution < 1.29 is 17.6 Å². The second-order valence-corrected chi connectivity index (χ2v) is 19.1. The first-order chi connectivity index (χ1) is 16.5. The molecule has 1 heterocycles. The number of amidine groups is 1. The lowest BCUT2D eigenvalue weighted by Gasteiger charge is -2.39. The second kappa shape index (κ2) is 10.8. The number of sulfonamides is 1. The summed E-state index contributed by atoms with van der Waals surface area (Å²) in [7, 11) is -5.76. The highest BCUT2D eigenvalue weighted by atomic mass is 79.9. The number of benzene rings is 2. The predicted molar refractivity (Wildman–Crippen MR) is 153 cm³/mol. The molecule has 1 aliphatic rings. The Balaban J connectivity index is 1.90.